The van der Waals surface area contributed by atoms with Gasteiger partial charge >= 0.3 is 0 Å². The summed E-state index contributed by atoms with van der Waals surface area (Å²) in [7, 11) is 0. The average molecular weight is 365 g/mol. The summed E-state index contributed by atoms with van der Waals surface area (Å²) in [4.78, 5) is 0. The van der Waals surface area contributed by atoms with Gasteiger partial charge in [-0.1, -0.05) is 18.2 Å². The van der Waals surface area contributed by atoms with Crippen molar-refractivity contribution < 1.29 is 0 Å². The second kappa shape index (κ2) is 5.53. The quantitative estimate of drug-likeness (QED) is 0.486. The molecule has 2 rings (SSSR count). The van der Waals surface area contributed by atoms with Gasteiger partial charge in [0.05, 0.1) is 34.2 Å². The third-order valence-corrected chi connectivity index (χ3v) is 4.85. The zero-order chi connectivity index (χ0) is 14.2. The molecule has 0 bridgehead atoms. The van der Waals surface area contributed by atoms with Gasteiger partial charge in [-0.2, -0.15) is 0 Å². The highest BCUT2D eigenvalue weighted by Crippen LogP contribution is 2.36. The summed E-state index contributed by atoms with van der Waals surface area (Å²) >= 11 is 2.40. The Morgan fingerprint density at radius 1 is 0.737 bits per heavy atom. The molecular formula is C17H20IN. The van der Waals surface area contributed by atoms with Crippen LogP contribution in [0, 0.1) is 34.6 Å². The normalized spacial score (nSPS) is 10.6. The molecule has 0 atom stereocenters. The number of hydrogen-bond donors (Lipinski definition) is 0. The highest BCUT2D eigenvalue weighted by atomic mass is 127. The monoisotopic (exact) mass is 365 g/mol. The molecule has 0 radical (unpaired) electrons. The summed E-state index contributed by atoms with van der Waals surface area (Å²) in [5.41, 5.74) is 9.23. The Morgan fingerprint density at radius 2 is 1.37 bits per heavy atom. The first kappa shape index (κ1) is 14.4. The van der Waals surface area contributed by atoms with E-state index >= 15 is 0 Å². The van der Waals surface area contributed by atoms with Crippen LogP contribution in [0.4, 0.5) is 11.4 Å². The number of benzene rings is 2. The van der Waals surface area contributed by atoms with E-state index in [1.165, 1.54) is 39.2 Å². The van der Waals surface area contributed by atoms with Crippen molar-refractivity contribution >= 4 is 34.2 Å². The second-order valence-corrected chi connectivity index (χ2v) is 6.19. The SMILES string of the molecule is Cc1cc(C)c(N(I)c2cccc(C)c2C)cc1C. The van der Waals surface area contributed by atoms with E-state index in [9.17, 15) is 0 Å². The minimum absolute atomic E-state index is 1.27. The van der Waals surface area contributed by atoms with Crippen molar-refractivity contribution in [2.24, 2.45) is 0 Å². The minimum Gasteiger partial charge on any atom is -0.282 e. The molecule has 0 saturated carbocycles. The molecule has 0 aliphatic heterocycles. The van der Waals surface area contributed by atoms with E-state index in [1.54, 1.807) is 0 Å². The first-order valence-corrected chi connectivity index (χ1v) is 7.48. The lowest BCUT2D eigenvalue weighted by molar-refractivity contribution is 1.26. The van der Waals surface area contributed by atoms with Gasteiger partial charge in [-0.3, -0.25) is 3.11 Å². The fourth-order valence-corrected chi connectivity index (χ4v) is 3.28. The number of aryl methyl sites for hydroxylation is 4. The smallest absolute Gasteiger partial charge is 0.0646 e. The predicted molar refractivity (Wildman–Crippen MR) is 92.7 cm³/mol. The third-order valence-electron chi connectivity index (χ3n) is 3.81. The number of rotatable bonds is 2. The summed E-state index contributed by atoms with van der Waals surface area (Å²) in [5, 5.41) is 0. The van der Waals surface area contributed by atoms with Crippen LogP contribution in [0.25, 0.3) is 0 Å². The van der Waals surface area contributed by atoms with Crippen molar-refractivity contribution in [3.05, 3.63) is 58.1 Å². The van der Waals surface area contributed by atoms with Crippen LogP contribution >= 0.6 is 22.9 Å². The fraction of sp³-hybridized carbons (Fsp3) is 0.294. The molecule has 1 nitrogen and oxygen atoms in total. The molecule has 0 unspecified atom stereocenters. The molecule has 100 valence electrons. The van der Waals surface area contributed by atoms with Gasteiger partial charge in [0.15, 0.2) is 0 Å². The van der Waals surface area contributed by atoms with Crippen molar-refractivity contribution in [2.45, 2.75) is 34.6 Å². The average Bonchev–Trinajstić information content (AvgIpc) is 2.36. The van der Waals surface area contributed by atoms with E-state index in [2.05, 4.69) is 90.9 Å². The predicted octanol–water partition coefficient (Wildman–Crippen LogP) is 5.72. The third kappa shape index (κ3) is 2.78. The van der Waals surface area contributed by atoms with E-state index in [-0.39, 0.29) is 0 Å². The molecule has 0 saturated heterocycles. The number of anilines is 2. The van der Waals surface area contributed by atoms with Crippen LogP contribution in [0.3, 0.4) is 0 Å². The molecule has 19 heavy (non-hydrogen) atoms. The van der Waals surface area contributed by atoms with Crippen LogP contribution < -0.4 is 3.11 Å². The van der Waals surface area contributed by atoms with E-state index in [4.69, 9.17) is 0 Å². The minimum atomic E-state index is 1.27. The van der Waals surface area contributed by atoms with Crippen LogP contribution in [-0.2, 0) is 0 Å². The molecule has 0 amide bonds. The largest absolute Gasteiger partial charge is 0.282 e. The summed E-state index contributed by atoms with van der Waals surface area (Å²) < 4.78 is 2.27. The maximum absolute atomic E-state index is 2.40. The van der Waals surface area contributed by atoms with E-state index < -0.39 is 0 Å². The van der Waals surface area contributed by atoms with Crippen LogP contribution in [0.1, 0.15) is 27.8 Å². The molecule has 0 N–H and O–H groups in total. The molecule has 2 heteroatoms. The van der Waals surface area contributed by atoms with E-state index in [0.717, 1.165) is 0 Å². The summed E-state index contributed by atoms with van der Waals surface area (Å²) in [6.07, 6.45) is 0. The Kier molecular flexibility index (Phi) is 4.19. The Hall–Kier alpha value is -1.03. The number of hydrogen-bond acceptors (Lipinski definition) is 1. The van der Waals surface area contributed by atoms with Crippen LogP contribution in [-0.4, -0.2) is 0 Å². The molecular weight excluding hydrogens is 345 g/mol. The van der Waals surface area contributed by atoms with Gasteiger partial charge in [0.25, 0.3) is 0 Å². The highest BCUT2D eigenvalue weighted by molar-refractivity contribution is 14.1. The Bertz CT molecular complexity index is 617. The molecule has 0 aliphatic rings. The maximum Gasteiger partial charge on any atom is 0.0646 e. The molecule has 0 fully saturated rings. The van der Waals surface area contributed by atoms with Crippen molar-refractivity contribution in [2.75, 3.05) is 3.11 Å². The van der Waals surface area contributed by atoms with Gasteiger partial charge in [-0.25, -0.2) is 0 Å². The summed E-state index contributed by atoms with van der Waals surface area (Å²) in [6.45, 7) is 10.9. The van der Waals surface area contributed by atoms with Crippen molar-refractivity contribution in [1.29, 1.82) is 0 Å². The summed E-state index contributed by atoms with van der Waals surface area (Å²) in [6, 6.07) is 11.0. The number of halogens is 1. The van der Waals surface area contributed by atoms with Gasteiger partial charge in [-0.05, 0) is 74.6 Å². The lowest BCUT2D eigenvalue weighted by Gasteiger charge is -2.23. The lowest BCUT2D eigenvalue weighted by atomic mass is 10.0. The molecule has 0 spiro atoms. The lowest BCUT2D eigenvalue weighted by Crippen LogP contribution is -2.06. The van der Waals surface area contributed by atoms with E-state index in [1.807, 2.05) is 0 Å². The molecule has 2 aromatic carbocycles. The van der Waals surface area contributed by atoms with Crippen molar-refractivity contribution in [3.8, 4) is 0 Å². The van der Waals surface area contributed by atoms with Gasteiger partial charge in [-0.15, -0.1) is 0 Å². The second-order valence-electron chi connectivity index (χ2n) is 5.22. The summed E-state index contributed by atoms with van der Waals surface area (Å²) in [5.74, 6) is 0. The highest BCUT2D eigenvalue weighted by Gasteiger charge is 2.13. The van der Waals surface area contributed by atoms with Crippen LogP contribution in [0.5, 0.6) is 0 Å². The standard InChI is InChI=1S/C17H20IN/c1-11-7-6-8-16(15(11)5)19(18)17-10-13(3)12(2)9-14(17)4/h6-10H,1-5H3. The van der Waals surface area contributed by atoms with Gasteiger partial charge in [0, 0.05) is 0 Å². The molecule has 0 aromatic heterocycles. The first-order valence-electron chi connectivity index (χ1n) is 6.51. The van der Waals surface area contributed by atoms with Crippen molar-refractivity contribution in [3.63, 3.8) is 0 Å². The van der Waals surface area contributed by atoms with Crippen LogP contribution in [0.15, 0.2) is 30.3 Å². The topological polar surface area (TPSA) is 3.24 Å². The van der Waals surface area contributed by atoms with Crippen LogP contribution in [0.2, 0.25) is 0 Å². The Labute approximate surface area is 130 Å². The van der Waals surface area contributed by atoms with Gasteiger partial charge in [0.2, 0.25) is 0 Å². The molecule has 0 heterocycles. The van der Waals surface area contributed by atoms with E-state index in [0.29, 0.717) is 0 Å². The first-order chi connectivity index (χ1) is 8.91. The zero-order valence-electron chi connectivity index (χ0n) is 12.2. The number of nitrogens with zero attached hydrogens (tertiary/aromatic N) is 1. The fourth-order valence-electron chi connectivity index (χ4n) is 2.23. The Morgan fingerprint density at radius 3 is 2.05 bits per heavy atom. The maximum atomic E-state index is 2.40. The van der Waals surface area contributed by atoms with Gasteiger partial charge < -0.3 is 0 Å². The molecule has 2 aromatic rings. The van der Waals surface area contributed by atoms with Crippen molar-refractivity contribution in [1.82, 2.24) is 0 Å². The Balaban J connectivity index is 2.53. The van der Waals surface area contributed by atoms with Gasteiger partial charge in [0.1, 0.15) is 0 Å². The zero-order valence-corrected chi connectivity index (χ0v) is 14.4. The molecule has 0 aliphatic carbocycles.